The van der Waals surface area contributed by atoms with Crippen molar-refractivity contribution in [3.63, 3.8) is 0 Å². The summed E-state index contributed by atoms with van der Waals surface area (Å²) >= 11 is 0. The Balaban J connectivity index is 2.71. The van der Waals surface area contributed by atoms with Crippen molar-refractivity contribution in [2.75, 3.05) is 0 Å². The zero-order chi connectivity index (χ0) is 11.5. The Morgan fingerprint density at radius 3 is 2.56 bits per heavy atom. The molecule has 0 amide bonds. The van der Waals surface area contributed by atoms with Crippen LogP contribution in [0.1, 0.15) is 25.5 Å². The van der Waals surface area contributed by atoms with Gasteiger partial charge in [0.2, 0.25) is 0 Å². The summed E-state index contributed by atoms with van der Waals surface area (Å²) in [4.78, 5) is 4.45. The molecule has 0 aliphatic carbocycles. The first-order valence-electron chi connectivity index (χ1n) is 5.39. The van der Waals surface area contributed by atoms with E-state index in [1.807, 2.05) is 18.2 Å². The van der Waals surface area contributed by atoms with Crippen LogP contribution < -0.4 is 4.74 Å². The van der Waals surface area contributed by atoms with E-state index in [0.29, 0.717) is 5.92 Å². The molecular formula is C14H15NO. The summed E-state index contributed by atoms with van der Waals surface area (Å²) in [7, 11) is 0. The molecule has 0 saturated carbocycles. The maximum absolute atomic E-state index is 5.36. The van der Waals surface area contributed by atoms with Gasteiger partial charge in [0.15, 0.2) is 5.75 Å². The molecule has 2 nitrogen and oxygen atoms in total. The number of rotatable bonds is 3. The predicted molar refractivity (Wildman–Crippen MR) is 66.7 cm³/mol. The van der Waals surface area contributed by atoms with Crippen LogP contribution in [0.25, 0.3) is 10.8 Å². The average molecular weight is 213 g/mol. The summed E-state index contributed by atoms with van der Waals surface area (Å²) in [6.45, 7) is 7.85. The van der Waals surface area contributed by atoms with Gasteiger partial charge in [-0.15, -0.1) is 0 Å². The second-order valence-corrected chi connectivity index (χ2v) is 3.99. The van der Waals surface area contributed by atoms with Crippen LogP contribution in [0.3, 0.4) is 0 Å². The fourth-order valence-electron chi connectivity index (χ4n) is 1.83. The van der Waals surface area contributed by atoms with Crippen LogP contribution in [-0.2, 0) is 0 Å². The molecule has 0 bridgehead atoms. The van der Waals surface area contributed by atoms with Crippen LogP contribution in [0.15, 0.2) is 43.3 Å². The van der Waals surface area contributed by atoms with E-state index in [-0.39, 0.29) is 0 Å². The minimum Gasteiger partial charge on any atom is -0.463 e. The number of benzene rings is 1. The van der Waals surface area contributed by atoms with Crippen molar-refractivity contribution >= 4 is 10.8 Å². The Hall–Kier alpha value is -1.83. The van der Waals surface area contributed by atoms with E-state index >= 15 is 0 Å². The minimum absolute atomic E-state index is 0.405. The fraction of sp³-hybridized carbons (Fsp3) is 0.214. The predicted octanol–water partition coefficient (Wildman–Crippen LogP) is 3.88. The van der Waals surface area contributed by atoms with Gasteiger partial charge in [-0.2, -0.15) is 0 Å². The second kappa shape index (κ2) is 4.35. The third-order valence-corrected chi connectivity index (χ3v) is 2.55. The minimum atomic E-state index is 0.405. The standard InChI is InChI=1S/C14H15NO/c1-4-16-13-9-15-14(10(2)3)12-8-6-5-7-11(12)13/h4-10H,1H2,2-3H3. The molecule has 0 saturated heterocycles. The topological polar surface area (TPSA) is 22.1 Å². The van der Waals surface area contributed by atoms with E-state index in [9.17, 15) is 0 Å². The lowest BCUT2D eigenvalue weighted by Crippen LogP contribution is -1.95. The van der Waals surface area contributed by atoms with E-state index in [2.05, 4.69) is 31.5 Å². The summed E-state index contributed by atoms with van der Waals surface area (Å²) in [5.74, 6) is 1.16. The van der Waals surface area contributed by atoms with Gasteiger partial charge in [-0.25, -0.2) is 0 Å². The second-order valence-electron chi connectivity index (χ2n) is 3.99. The van der Waals surface area contributed by atoms with Gasteiger partial charge >= 0.3 is 0 Å². The number of pyridine rings is 1. The summed E-state index contributed by atoms with van der Waals surface area (Å²) in [6.07, 6.45) is 3.19. The van der Waals surface area contributed by atoms with E-state index < -0.39 is 0 Å². The molecule has 0 spiro atoms. The molecule has 1 heterocycles. The Morgan fingerprint density at radius 2 is 1.94 bits per heavy atom. The van der Waals surface area contributed by atoms with Crippen LogP contribution in [0, 0.1) is 0 Å². The number of ether oxygens (including phenoxy) is 1. The van der Waals surface area contributed by atoms with Crippen LogP contribution in [0.2, 0.25) is 0 Å². The molecule has 0 fully saturated rings. The van der Waals surface area contributed by atoms with Crippen molar-refractivity contribution in [1.82, 2.24) is 4.98 Å². The van der Waals surface area contributed by atoms with Crippen LogP contribution in [-0.4, -0.2) is 4.98 Å². The highest BCUT2D eigenvalue weighted by Crippen LogP contribution is 2.30. The van der Waals surface area contributed by atoms with Crippen molar-refractivity contribution in [2.24, 2.45) is 0 Å². The van der Waals surface area contributed by atoms with Gasteiger partial charge in [0.1, 0.15) is 0 Å². The Kier molecular flexibility index (Phi) is 2.91. The smallest absolute Gasteiger partial charge is 0.152 e. The van der Waals surface area contributed by atoms with Gasteiger partial charge in [-0.1, -0.05) is 44.7 Å². The Labute approximate surface area is 95.6 Å². The van der Waals surface area contributed by atoms with E-state index in [0.717, 1.165) is 22.2 Å². The summed E-state index contributed by atoms with van der Waals surface area (Å²) in [5.41, 5.74) is 1.10. The lowest BCUT2D eigenvalue weighted by molar-refractivity contribution is 0.486. The third kappa shape index (κ3) is 1.78. The molecule has 0 N–H and O–H groups in total. The Bertz CT molecular complexity index is 517. The molecule has 0 unspecified atom stereocenters. The van der Waals surface area contributed by atoms with Crippen molar-refractivity contribution in [1.29, 1.82) is 0 Å². The maximum atomic E-state index is 5.36. The summed E-state index contributed by atoms with van der Waals surface area (Å²) in [6, 6.07) is 8.14. The molecule has 16 heavy (non-hydrogen) atoms. The first kappa shape index (κ1) is 10.7. The highest BCUT2D eigenvalue weighted by Gasteiger charge is 2.09. The first-order valence-corrected chi connectivity index (χ1v) is 5.39. The molecule has 0 atom stereocenters. The summed E-state index contributed by atoms with van der Waals surface area (Å²) < 4.78 is 5.36. The van der Waals surface area contributed by atoms with Gasteiger partial charge in [0.05, 0.1) is 18.2 Å². The number of nitrogens with zero attached hydrogens (tertiary/aromatic N) is 1. The number of fused-ring (bicyclic) bond motifs is 1. The van der Waals surface area contributed by atoms with Gasteiger partial charge in [-0.05, 0) is 5.92 Å². The normalized spacial score (nSPS) is 10.7. The number of aromatic nitrogens is 1. The lowest BCUT2D eigenvalue weighted by atomic mass is 10.0. The molecule has 2 heteroatoms. The molecule has 0 aliphatic heterocycles. The quantitative estimate of drug-likeness (QED) is 0.722. The van der Waals surface area contributed by atoms with E-state index in [1.54, 1.807) is 6.20 Å². The van der Waals surface area contributed by atoms with Crippen LogP contribution in [0.5, 0.6) is 5.75 Å². The number of hydrogen-bond donors (Lipinski definition) is 0. The summed E-state index contributed by atoms with van der Waals surface area (Å²) in [5, 5.41) is 2.23. The highest BCUT2D eigenvalue weighted by molar-refractivity contribution is 5.90. The molecule has 82 valence electrons. The first-order chi connectivity index (χ1) is 7.74. The lowest BCUT2D eigenvalue weighted by Gasteiger charge is -2.11. The maximum Gasteiger partial charge on any atom is 0.152 e. The van der Waals surface area contributed by atoms with Crippen molar-refractivity contribution < 1.29 is 4.74 Å². The van der Waals surface area contributed by atoms with Crippen LogP contribution >= 0.6 is 0 Å². The molecule has 1 aromatic heterocycles. The molecule has 0 radical (unpaired) electrons. The van der Waals surface area contributed by atoms with Gasteiger partial charge in [0.25, 0.3) is 0 Å². The average Bonchev–Trinajstić information content (AvgIpc) is 2.29. The third-order valence-electron chi connectivity index (χ3n) is 2.55. The zero-order valence-electron chi connectivity index (χ0n) is 9.60. The highest BCUT2D eigenvalue weighted by atomic mass is 16.5. The monoisotopic (exact) mass is 213 g/mol. The molecular weight excluding hydrogens is 198 g/mol. The molecule has 2 aromatic rings. The van der Waals surface area contributed by atoms with Gasteiger partial charge < -0.3 is 4.74 Å². The van der Waals surface area contributed by atoms with Gasteiger partial charge in [-0.3, -0.25) is 4.98 Å². The van der Waals surface area contributed by atoms with E-state index in [1.165, 1.54) is 6.26 Å². The largest absolute Gasteiger partial charge is 0.463 e. The number of hydrogen-bond acceptors (Lipinski definition) is 2. The van der Waals surface area contributed by atoms with Crippen LogP contribution in [0.4, 0.5) is 0 Å². The van der Waals surface area contributed by atoms with Crippen molar-refractivity contribution in [3.8, 4) is 5.75 Å². The van der Waals surface area contributed by atoms with Gasteiger partial charge in [0, 0.05) is 10.8 Å². The van der Waals surface area contributed by atoms with Crippen molar-refractivity contribution in [3.05, 3.63) is 49.0 Å². The Morgan fingerprint density at radius 1 is 1.25 bits per heavy atom. The molecule has 0 aliphatic rings. The fourth-order valence-corrected chi connectivity index (χ4v) is 1.83. The zero-order valence-corrected chi connectivity index (χ0v) is 9.60. The van der Waals surface area contributed by atoms with Crippen molar-refractivity contribution in [2.45, 2.75) is 19.8 Å². The SMILES string of the molecule is C=COc1cnc(C(C)C)c2ccccc12. The molecule has 2 rings (SSSR count). The molecule has 1 aromatic carbocycles. The van der Waals surface area contributed by atoms with E-state index in [4.69, 9.17) is 4.74 Å².